The highest BCUT2D eigenvalue weighted by Crippen LogP contribution is 2.41. The van der Waals surface area contributed by atoms with E-state index in [0.29, 0.717) is 29.3 Å². The third kappa shape index (κ3) is 2.98. The smallest absolute Gasteiger partial charge is 0.328 e. The predicted octanol–water partition coefficient (Wildman–Crippen LogP) is 3.92. The predicted molar refractivity (Wildman–Crippen MR) is 117 cm³/mol. The van der Waals surface area contributed by atoms with Crippen LogP contribution in [0.4, 0.5) is 10.1 Å². The Morgan fingerprint density at radius 2 is 1.93 bits per heavy atom. The van der Waals surface area contributed by atoms with Gasteiger partial charge >= 0.3 is 5.69 Å². The Morgan fingerprint density at radius 3 is 2.70 bits per heavy atom. The van der Waals surface area contributed by atoms with Gasteiger partial charge in [0.05, 0.1) is 16.6 Å². The lowest BCUT2D eigenvalue weighted by Crippen LogP contribution is -2.40. The van der Waals surface area contributed by atoms with E-state index < -0.39 is 5.69 Å². The first-order chi connectivity index (χ1) is 14.6. The van der Waals surface area contributed by atoms with Gasteiger partial charge in [-0.05, 0) is 55.4 Å². The lowest BCUT2D eigenvalue weighted by Gasteiger charge is -2.38. The van der Waals surface area contributed by atoms with Crippen molar-refractivity contribution < 1.29 is 4.39 Å². The molecule has 2 aromatic carbocycles. The number of fused-ring (bicyclic) bond motifs is 2. The standard InChI is InChI=1S/C24H24FN3O2/c1-2-28-20-11-10-19(16-6-8-18(25)9-7-16)22(21(20)23(29)26-24(28)30)27-13-12-15-4-3-5-17(15)14-27/h3-4,6-11,15,17H,2,5,12-14H2,1H3,(H,26,29,30)/t15-,17+/m1/s1. The molecule has 3 aromatic rings. The van der Waals surface area contributed by atoms with Gasteiger partial charge in [0.1, 0.15) is 5.82 Å². The van der Waals surface area contributed by atoms with Crippen LogP contribution in [0, 0.1) is 17.7 Å². The number of hydrogen-bond donors (Lipinski definition) is 1. The fourth-order valence-corrected chi connectivity index (χ4v) is 5.05. The van der Waals surface area contributed by atoms with E-state index in [2.05, 4.69) is 22.0 Å². The van der Waals surface area contributed by atoms with Crippen LogP contribution in [0.15, 0.2) is 58.1 Å². The molecular weight excluding hydrogens is 381 g/mol. The second-order valence-corrected chi connectivity index (χ2v) is 8.19. The van der Waals surface area contributed by atoms with Crippen molar-refractivity contribution >= 4 is 16.6 Å². The quantitative estimate of drug-likeness (QED) is 0.672. The lowest BCUT2D eigenvalue weighted by atomic mass is 9.87. The first kappa shape index (κ1) is 18.9. The molecule has 2 aliphatic rings. The Labute approximate surface area is 173 Å². The summed E-state index contributed by atoms with van der Waals surface area (Å²) in [6, 6.07) is 10.2. The summed E-state index contributed by atoms with van der Waals surface area (Å²) in [6.45, 7) is 4.05. The Balaban J connectivity index is 1.77. The van der Waals surface area contributed by atoms with Gasteiger partial charge in [-0.15, -0.1) is 0 Å². The molecule has 0 radical (unpaired) electrons. The molecule has 1 N–H and O–H groups in total. The first-order valence-electron chi connectivity index (χ1n) is 10.5. The third-order valence-corrected chi connectivity index (χ3v) is 6.54. The average Bonchev–Trinajstić information content (AvgIpc) is 3.22. The van der Waals surface area contributed by atoms with Gasteiger partial charge in [-0.2, -0.15) is 0 Å². The molecule has 0 spiro atoms. The van der Waals surface area contributed by atoms with Crippen molar-refractivity contribution in [1.82, 2.24) is 9.55 Å². The van der Waals surface area contributed by atoms with Crippen molar-refractivity contribution in [2.24, 2.45) is 11.8 Å². The number of rotatable bonds is 3. The van der Waals surface area contributed by atoms with Crippen LogP contribution < -0.4 is 16.1 Å². The molecule has 154 valence electrons. The van der Waals surface area contributed by atoms with E-state index >= 15 is 0 Å². The lowest BCUT2D eigenvalue weighted by molar-refractivity contribution is 0.356. The maximum Gasteiger partial charge on any atom is 0.328 e. The van der Waals surface area contributed by atoms with E-state index in [1.54, 1.807) is 16.7 Å². The molecule has 2 heterocycles. The van der Waals surface area contributed by atoms with E-state index in [9.17, 15) is 14.0 Å². The minimum atomic E-state index is -0.394. The fraction of sp³-hybridized carbons (Fsp3) is 0.333. The van der Waals surface area contributed by atoms with Crippen molar-refractivity contribution in [3.05, 3.63) is 75.2 Å². The normalized spacial score (nSPS) is 20.7. The zero-order chi connectivity index (χ0) is 20.8. The van der Waals surface area contributed by atoms with Crippen molar-refractivity contribution in [3.8, 4) is 11.1 Å². The number of benzene rings is 2. The molecule has 5 nitrogen and oxygen atoms in total. The van der Waals surface area contributed by atoms with Gasteiger partial charge in [0.15, 0.2) is 0 Å². The minimum Gasteiger partial charge on any atom is -0.370 e. The number of aryl methyl sites for hydroxylation is 1. The number of hydrogen-bond acceptors (Lipinski definition) is 3. The van der Waals surface area contributed by atoms with Crippen molar-refractivity contribution in [3.63, 3.8) is 0 Å². The van der Waals surface area contributed by atoms with Gasteiger partial charge in [-0.1, -0.05) is 30.4 Å². The number of aromatic nitrogens is 2. The van der Waals surface area contributed by atoms with E-state index in [4.69, 9.17) is 0 Å². The molecule has 0 saturated carbocycles. The Hall–Kier alpha value is -3.15. The van der Waals surface area contributed by atoms with Crippen LogP contribution in [-0.2, 0) is 6.54 Å². The van der Waals surface area contributed by atoms with Gasteiger partial charge in [0.25, 0.3) is 5.56 Å². The Kier molecular flexibility index (Phi) is 4.57. The SMILES string of the molecule is CCn1c(=O)[nH]c(=O)c2c(N3CC[C@H]4C=CC[C@H]4C3)c(-c3ccc(F)cc3)ccc21. The summed E-state index contributed by atoms with van der Waals surface area (Å²) in [6.07, 6.45) is 6.65. The molecule has 0 unspecified atom stereocenters. The molecule has 0 bridgehead atoms. The van der Waals surface area contributed by atoms with Crippen LogP contribution in [-0.4, -0.2) is 22.6 Å². The average molecular weight is 405 g/mol. The maximum absolute atomic E-state index is 13.6. The second-order valence-electron chi connectivity index (χ2n) is 8.19. The van der Waals surface area contributed by atoms with E-state index in [1.165, 1.54) is 12.1 Å². The molecule has 2 atom stereocenters. The van der Waals surface area contributed by atoms with Crippen molar-refractivity contribution in [2.45, 2.75) is 26.3 Å². The molecule has 1 aliphatic carbocycles. The number of anilines is 1. The largest absolute Gasteiger partial charge is 0.370 e. The third-order valence-electron chi connectivity index (χ3n) is 6.54. The van der Waals surface area contributed by atoms with Gasteiger partial charge in [0, 0.05) is 25.2 Å². The summed E-state index contributed by atoms with van der Waals surface area (Å²) in [4.78, 5) is 30.2. The fourth-order valence-electron chi connectivity index (χ4n) is 5.05. The zero-order valence-corrected chi connectivity index (χ0v) is 16.9. The molecule has 1 aromatic heterocycles. The molecule has 30 heavy (non-hydrogen) atoms. The Morgan fingerprint density at radius 1 is 1.13 bits per heavy atom. The summed E-state index contributed by atoms with van der Waals surface area (Å²) in [5, 5.41) is 0.530. The molecule has 1 saturated heterocycles. The van der Waals surface area contributed by atoms with Crippen molar-refractivity contribution in [1.29, 1.82) is 0 Å². The van der Waals surface area contributed by atoms with E-state index in [0.717, 1.165) is 42.7 Å². The number of H-pyrrole nitrogens is 1. The van der Waals surface area contributed by atoms with Crippen LogP contribution in [0.2, 0.25) is 0 Å². The highest BCUT2D eigenvalue weighted by Gasteiger charge is 2.32. The molecule has 5 rings (SSSR count). The minimum absolute atomic E-state index is 0.295. The topological polar surface area (TPSA) is 58.1 Å². The molecule has 6 heteroatoms. The van der Waals surface area contributed by atoms with Gasteiger partial charge in [-0.3, -0.25) is 14.3 Å². The number of piperidine rings is 1. The monoisotopic (exact) mass is 405 g/mol. The van der Waals surface area contributed by atoms with Crippen LogP contribution in [0.25, 0.3) is 22.0 Å². The number of nitrogens with one attached hydrogen (secondary N) is 1. The van der Waals surface area contributed by atoms with E-state index in [-0.39, 0.29) is 11.4 Å². The number of halogens is 1. The van der Waals surface area contributed by atoms with Crippen LogP contribution in [0.5, 0.6) is 0 Å². The van der Waals surface area contributed by atoms with Crippen LogP contribution in [0.3, 0.4) is 0 Å². The van der Waals surface area contributed by atoms with Gasteiger partial charge in [-0.25, -0.2) is 9.18 Å². The van der Waals surface area contributed by atoms with Crippen molar-refractivity contribution in [2.75, 3.05) is 18.0 Å². The second kappa shape index (κ2) is 7.27. The zero-order valence-electron chi connectivity index (χ0n) is 16.9. The number of allylic oxidation sites excluding steroid dienone is 2. The van der Waals surface area contributed by atoms with Crippen LogP contribution in [0.1, 0.15) is 19.8 Å². The number of aromatic amines is 1. The summed E-state index contributed by atoms with van der Waals surface area (Å²) >= 11 is 0. The highest BCUT2D eigenvalue weighted by atomic mass is 19.1. The molecule has 1 fully saturated rings. The number of nitrogens with zero attached hydrogens (tertiary/aromatic N) is 2. The Bertz CT molecular complexity index is 1260. The molecule has 1 aliphatic heterocycles. The summed E-state index contributed by atoms with van der Waals surface area (Å²) in [5.74, 6) is 0.834. The molecule has 0 amide bonds. The first-order valence-corrected chi connectivity index (χ1v) is 10.5. The maximum atomic E-state index is 13.6. The van der Waals surface area contributed by atoms with Gasteiger partial charge in [0.2, 0.25) is 0 Å². The van der Waals surface area contributed by atoms with Gasteiger partial charge < -0.3 is 4.90 Å². The van der Waals surface area contributed by atoms with E-state index in [1.807, 2.05) is 19.1 Å². The molecular formula is C24H24FN3O2. The summed E-state index contributed by atoms with van der Waals surface area (Å²) in [5.41, 5.74) is 2.46. The summed E-state index contributed by atoms with van der Waals surface area (Å²) < 4.78 is 15.2. The van der Waals surface area contributed by atoms with Crippen LogP contribution >= 0.6 is 0 Å². The highest BCUT2D eigenvalue weighted by molar-refractivity contribution is 6.00. The summed E-state index contributed by atoms with van der Waals surface area (Å²) in [7, 11) is 0.